The molecular formula is C23H23ClN2O4S2. The zero-order valence-corrected chi connectivity index (χ0v) is 20.5. The number of nitrogens with zero attached hydrogens (tertiary/aromatic N) is 1. The first-order valence-electron chi connectivity index (χ1n) is 9.83. The molecule has 0 spiro atoms. The van der Waals surface area contributed by atoms with Gasteiger partial charge in [-0.3, -0.25) is 14.5 Å². The number of thioether (sulfide) groups is 1. The maximum atomic E-state index is 12.6. The van der Waals surface area contributed by atoms with Crippen molar-refractivity contribution in [1.82, 2.24) is 4.90 Å². The third-order valence-electron chi connectivity index (χ3n) is 4.64. The SMILES string of the molecule is COc1cc(/C=C2\SC(=S)N(C(C)C)C2=O)ccc1OCC(=O)Nc1ccc(C)c(Cl)c1. The number of carbonyl (C=O) groups excluding carboxylic acids is 2. The van der Waals surface area contributed by atoms with Crippen LogP contribution in [0.1, 0.15) is 25.0 Å². The molecule has 6 nitrogen and oxygen atoms in total. The van der Waals surface area contributed by atoms with Crippen LogP contribution in [-0.4, -0.2) is 40.8 Å². The van der Waals surface area contributed by atoms with E-state index in [1.165, 1.54) is 18.9 Å². The highest BCUT2D eigenvalue weighted by Gasteiger charge is 2.33. The number of carbonyl (C=O) groups is 2. The molecule has 0 aliphatic carbocycles. The van der Waals surface area contributed by atoms with Gasteiger partial charge in [-0.15, -0.1) is 0 Å². The van der Waals surface area contributed by atoms with E-state index < -0.39 is 0 Å². The minimum absolute atomic E-state index is 0.000735. The summed E-state index contributed by atoms with van der Waals surface area (Å²) in [6.07, 6.45) is 1.77. The topological polar surface area (TPSA) is 67.9 Å². The number of hydrogen-bond acceptors (Lipinski definition) is 6. The number of amides is 2. The van der Waals surface area contributed by atoms with Crippen molar-refractivity contribution in [2.45, 2.75) is 26.8 Å². The summed E-state index contributed by atoms with van der Waals surface area (Å²) in [5.74, 6) is 0.427. The van der Waals surface area contributed by atoms with Crippen molar-refractivity contribution in [1.29, 1.82) is 0 Å². The summed E-state index contributed by atoms with van der Waals surface area (Å²) in [5.41, 5.74) is 2.28. The fourth-order valence-corrected chi connectivity index (χ4v) is 4.69. The van der Waals surface area contributed by atoms with Crippen LogP contribution in [0.2, 0.25) is 5.02 Å². The summed E-state index contributed by atoms with van der Waals surface area (Å²) >= 11 is 12.7. The van der Waals surface area contributed by atoms with Gasteiger partial charge in [0.2, 0.25) is 0 Å². The predicted octanol–water partition coefficient (Wildman–Crippen LogP) is 5.28. The maximum Gasteiger partial charge on any atom is 0.266 e. The number of halogens is 1. The number of thiocarbonyl (C=S) groups is 1. The van der Waals surface area contributed by atoms with Crippen molar-refractivity contribution in [3.05, 3.63) is 57.5 Å². The van der Waals surface area contributed by atoms with Gasteiger partial charge >= 0.3 is 0 Å². The Balaban J connectivity index is 1.68. The second-order valence-electron chi connectivity index (χ2n) is 7.36. The third-order valence-corrected chi connectivity index (χ3v) is 6.38. The van der Waals surface area contributed by atoms with Crippen molar-refractivity contribution < 1.29 is 19.1 Å². The fourth-order valence-electron chi connectivity index (χ4n) is 2.98. The lowest BCUT2D eigenvalue weighted by atomic mass is 10.1. The summed E-state index contributed by atoms with van der Waals surface area (Å²) in [7, 11) is 1.51. The van der Waals surface area contributed by atoms with Gasteiger partial charge in [-0.2, -0.15) is 0 Å². The molecule has 2 amide bonds. The van der Waals surface area contributed by atoms with Gasteiger partial charge in [0, 0.05) is 16.8 Å². The molecule has 3 rings (SSSR count). The first-order valence-corrected chi connectivity index (χ1v) is 11.4. The number of anilines is 1. The standard InChI is InChI=1S/C23H23ClN2O4S2/c1-13(2)26-22(28)20(32-23(26)31)10-15-6-8-18(19(9-15)29-4)30-12-21(27)25-16-7-5-14(3)17(24)11-16/h5-11,13H,12H2,1-4H3,(H,25,27)/b20-10-. The first kappa shape index (κ1) is 24.1. The highest BCUT2D eigenvalue weighted by atomic mass is 35.5. The number of aryl methyl sites for hydroxylation is 1. The Labute approximate surface area is 201 Å². The second-order valence-corrected chi connectivity index (χ2v) is 9.44. The van der Waals surface area contributed by atoms with Gasteiger partial charge in [-0.1, -0.05) is 47.7 Å². The van der Waals surface area contributed by atoms with E-state index in [9.17, 15) is 9.59 Å². The van der Waals surface area contributed by atoms with E-state index in [1.54, 1.807) is 41.3 Å². The van der Waals surface area contributed by atoms with Crippen LogP contribution in [0.15, 0.2) is 41.3 Å². The van der Waals surface area contributed by atoms with Gasteiger partial charge in [-0.05, 0) is 62.2 Å². The molecule has 1 N–H and O–H groups in total. The molecule has 32 heavy (non-hydrogen) atoms. The fraction of sp³-hybridized carbons (Fsp3) is 0.261. The van der Waals surface area contributed by atoms with Gasteiger partial charge in [0.05, 0.1) is 12.0 Å². The van der Waals surface area contributed by atoms with E-state index in [2.05, 4.69) is 5.32 Å². The van der Waals surface area contributed by atoms with Crippen LogP contribution in [0.4, 0.5) is 5.69 Å². The smallest absolute Gasteiger partial charge is 0.266 e. The Morgan fingerprint density at radius 2 is 2.00 bits per heavy atom. The Morgan fingerprint density at radius 1 is 1.25 bits per heavy atom. The lowest BCUT2D eigenvalue weighted by Crippen LogP contribution is -2.34. The zero-order valence-electron chi connectivity index (χ0n) is 18.1. The van der Waals surface area contributed by atoms with Crippen molar-refractivity contribution in [2.75, 3.05) is 19.0 Å². The second kappa shape index (κ2) is 10.4. The van der Waals surface area contributed by atoms with Crippen molar-refractivity contribution in [3.63, 3.8) is 0 Å². The van der Waals surface area contributed by atoms with E-state index in [4.69, 9.17) is 33.3 Å². The minimum Gasteiger partial charge on any atom is -0.493 e. The number of hydrogen-bond donors (Lipinski definition) is 1. The van der Waals surface area contributed by atoms with Gasteiger partial charge in [0.25, 0.3) is 11.8 Å². The Hall–Kier alpha value is -2.55. The van der Waals surface area contributed by atoms with Gasteiger partial charge in [0.15, 0.2) is 18.1 Å². The first-order chi connectivity index (χ1) is 15.2. The van der Waals surface area contributed by atoms with Crippen molar-refractivity contribution in [3.8, 4) is 11.5 Å². The molecule has 0 bridgehead atoms. The molecule has 0 unspecified atom stereocenters. The highest BCUT2D eigenvalue weighted by Crippen LogP contribution is 2.35. The van der Waals surface area contributed by atoms with Crippen LogP contribution in [0.25, 0.3) is 6.08 Å². The van der Waals surface area contributed by atoms with E-state index in [-0.39, 0.29) is 24.5 Å². The molecule has 0 atom stereocenters. The van der Waals surface area contributed by atoms with E-state index >= 15 is 0 Å². The molecule has 1 aliphatic heterocycles. The van der Waals surface area contributed by atoms with Crippen molar-refractivity contribution in [2.24, 2.45) is 0 Å². The summed E-state index contributed by atoms with van der Waals surface area (Å²) in [4.78, 5) is 27.0. The van der Waals surface area contributed by atoms with Crippen LogP contribution in [0, 0.1) is 6.92 Å². The van der Waals surface area contributed by atoms with Gasteiger partial charge < -0.3 is 14.8 Å². The Bertz CT molecular complexity index is 1100. The highest BCUT2D eigenvalue weighted by molar-refractivity contribution is 8.26. The number of methoxy groups -OCH3 is 1. The molecule has 2 aromatic rings. The molecule has 0 radical (unpaired) electrons. The molecule has 168 valence electrons. The lowest BCUT2D eigenvalue weighted by Gasteiger charge is -2.18. The summed E-state index contributed by atoms with van der Waals surface area (Å²) < 4.78 is 11.6. The number of nitrogens with one attached hydrogen (secondary N) is 1. The third kappa shape index (κ3) is 5.62. The summed E-state index contributed by atoms with van der Waals surface area (Å²) in [6, 6.07) is 10.5. The van der Waals surface area contributed by atoms with E-state index in [0.717, 1.165) is 11.1 Å². The van der Waals surface area contributed by atoms with Crippen molar-refractivity contribution >= 4 is 63.5 Å². The zero-order chi connectivity index (χ0) is 23.4. The lowest BCUT2D eigenvalue weighted by molar-refractivity contribution is -0.123. The van der Waals surface area contributed by atoms with Crippen LogP contribution in [0.3, 0.4) is 0 Å². The number of benzene rings is 2. The molecule has 1 aliphatic rings. The van der Waals surface area contributed by atoms with Crippen LogP contribution in [0.5, 0.6) is 11.5 Å². The average Bonchev–Trinajstić information content (AvgIpc) is 3.02. The summed E-state index contributed by atoms with van der Waals surface area (Å²) in [5, 5.41) is 3.32. The quantitative estimate of drug-likeness (QED) is 0.420. The normalized spacial score (nSPS) is 14.9. The van der Waals surface area contributed by atoms with Gasteiger partial charge in [0.1, 0.15) is 4.32 Å². The predicted molar refractivity (Wildman–Crippen MR) is 133 cm³/mol. The molecule has 0 saturated carbocycles. The molecule has 1 saturated heterocycles. The van der Waals surface area contributed by atoms with Gasteiger partial charge in [-0.25, -0.2) is 0 Å². The maximum absolute atomic E-state index is 12.6. The summed E-state index contributed by atoms with van der Waals surface area (Å²) in [6.45, 7) is 5.53. The Kier molecular flexibility index (Phi) is 7.82. The molecular weight excluding hydrogens is 468 g/mol. The number of rotatable bonds is 7. The molecule has 9 heteroatoms. The van der Waals surface area contributed by atoms with Crippen LogP contribution < -0.4 is 14.8 Å². The van der Waals surface area contributed by atoms with E-state index in [0.29, 0.717) is 31.4 Å². The average molecular weight is 491 g/mol. The largest absolute Gasteiger partial charge is 0.493 e. The molecule has 1 heterocycles. The monoisotopic (exact) mass is 490 g/mol. The Morgan fingerprint density at radius 3 is 2.62 bits per heavy atom. The van der Waals surface area contributed by atoms with E-state index in [1.807, 2.05) is 26.8 Å². The minimum atomic E-state index is -0.326. The van der Waals surface area contributed by atoms with Crippen LogP contribution in [-0.2, 0) is 9.59 Å². The van der Waals surface area contributed by atoms with Crippen LogP contribution >= 0.6 is 35.6 Å². The molecule has 0 aromatic heterocycles. The molecule has 1 fully saturated rings. The molecule has 2 aromatic carbocycles. The number of ether oxygens (including phenoxy) is 2.